The SMILES string of the molecule is CC1CN(c2ccc(C#N)n3ncc(F)c23)CC(CN2CC3(C2)OCc2cc(N4CC5(CNCCO5)C4)ccc23)O1. The summed E-state index contributed by atoms with van der Waals surface area (Å²) in [5.41, 5.74) is 4.94. The number of halogens is 1. The molecule has 8 rings (SSSR count). The van der Waals surface area contributed by atoms with Crippen molar-refractivity contribution in [1.29, 1.82) is 5.26 Å². The second kappa shape index (κ2) is 9.37. The molecule has 5 aliphatic heterocycles. The van der Waals surface area contributed by atoms with Crippen molar-refractivity contribution in [3.63, 3.8) is 0 Å². The Bertz CT molecular complexity index is 1530. The van der Waals surface area contributed by atoms with E-state index in [9.17, 15) is 9.65 Å². The fourth-order valence-electron chi connectivity index (χ4n) is 7.46. The van der Waals surface area contributed by atoms with Crippen molar-refractivity contribution >= 4 is 16.9 Å². The molecule has 1 N–H and O–H groups in total. The van der Waals surface area contributed by atoms with Gasteiger partial charge in [0.2, 0.25) is 0 Å². The zero-order valence-corrected chi connectivity index (χ0v) is 23.2. The van der Waals surface area contributed by atoms with Crippen LogP contribution in [0.1, 0.15) is 23.7 Å². The number of aromatic nitrogens is 2. The first-order valence-electron chi connectivity index (χ1n) is 14.5. The summed E-state index contributed by atoms with van der Waals surface area (Å²) in [5.74, 6) is -0.425. The van der Waals surface area contributed by atoms with E-state index in [-0.39, 0.29) is 23.4 Å². The largest absolute Gasteiger partial charge is 0.370 e. The van der Waals surface area contributed by atoms with Crippen LogP contribution in [0, 0.1) is 17.1 Å². The molecular weight excluding hydrogens is 525 g/mol. The van der Waals surface area contributed by atoms with Gasteiger partial charge in [-0.3, -0.25) is 4.90 Å². The third-order valence-corrected chi connectivity index (χ3v) is 9.34. The highest BCUT2D eigenvalue weighted by Gasteiger charge is 2.51. The Kier molecular flexibility index (Phi) is 5.82. The van der Waals surface area contributed by atoms with Crippen molar-refractivity contribution < 1.29 is 18.6 Å². The molecule has 2 spiro atoms. The quantitative estimate of drug-likeness (QED) is 0.515. The van der Waals surface area contributed by atoms with Crippen LogP contribution < -0.4 is 15.1 Å². The Labute approximate surface area is 238 Å². The summed E-state index contributed by atoms with van der Waals surface area (Å²) in [4.78, 5) is 6.95. The summed E-state index contributed by atoms with van der Waals surface area (Å²) < 4.78 is 34.9. The highest BCUT2D eigenvalue weighted by atomic mass is 19.1. The lowest BCUT2D eigenvalue weighted by Gasteiger charge is -2.53. The molecule has 7 heterocycles. The van der Waals surface area contributed by atoms with E-state index < -0.39 is 5.82 Å². The van der Waals surface area contributed by atoms with Crippen molar-refractivity contribution in [3.8, 4) is 6.07 Å². The molecule has 3 aromatic rings. The van der Waals surface area contributed by atoms with Crippen LogP contribution in [0.5, 0.6) is 0 Å². The molecule has 214 valence electrons. The van der Waals surface area contributed by atoms with E-state index in [0.717, 1.165) is 58.1 Å². The van der Waals surface area contributed by atoms with Gasteiger partial charge in [0.1, 0.15) is 28.5 Å². The first-order valence-corrected chi connectivity index (χ1v) is 14.5. The van der Waals surface area contributed by atoms with E-state index in [1.165, 1.54) is 27.5 Å². The lowest BCUT2D eigenvalue weighted by Crippen LogP contribution is -2.70. The first kappa shape index (κ1) is 25.4. The summed E-state index contributed by atoms with van der Waals surface area (Å²) in [5, 5.41) is 17.0. The lowest BCUT2D eigenvalue weighted by atomic mass is 9.84. The molecule has 4 fully saturated rings. The molecule has 0 amide bonds. The average Bonchev–Trinajstić information content (AvgIpc) is 3.52. The van der Waals surface area contributed by atoms with Gasteiger partial charge in [0, 0.05) is 51.5 Å². The van der Waals surface area contributed by atoms with Gasteiger partial charge >= 0.3 is 0 Å². The number of nitriles is 1. The van der Waals surface area contributed by atoms with Gasteiger partial charge in [-0.15, -0.1) is 0 Å². The minimum atomic E-state index is -0.425. The number of rotatable bonds is 4. The molecule has 4 saturated heterocycles. The van der Waals surface area contributed by atoms with E-state index in [0.29, 0.717) is 30.9 Å². The van der Waals surface area contributed by atoms with Crippen molar-refractivity contribution in [3.05, 3.63) is 59.2 Å². The van der Waals surface area contributed by atoms with Gasteiger partial charge in [0.15, 0.2) is 5.82 Å². The number of morpholine rings is 2. The van der Waals surface area contributed by atoms with E-state index >= 15 is 0 Å². The van der Waals surface area contributed by atoms with Gasteiger partial charge in [-0.05, 0) is 42.3 Å². The van der Waals surface area contributed by atoms with Gasteiger partial charge in [-0.2, -0.15) is 10.4 Å². The maximum atomic E-state index is 14.7. The number of fused-ring (bicyclic) bond motifs is 3. The van der Waals surface area contributed by atoms with Crippen LogP contribution in [0.15, 0.2) is 36.5 Å². The summed E-state index contributed by atoms with van der Waals surface area (Å²) in [6, 6.07) is 12.4. The number of ether oxygens (including phenoxy) is 3. The van der Waals surface area contributed by atoms with Crippen LogP contribution in [0.25, 0.3) is 5.52 Å². The van der Waals surface area contributed by atoms with Gasteiger partial charge in [-0.25, -0.2) is 8.91 Å². The molecule has 10 nitrogen and oxygen atoms in total. The smallest absolute Gasteiger partial charge is 0.171 e. The van der Waals surface area contributed by atoms with Crippen molar-refractivity contribution in [2.24, 2.45) is 0 Å². The van der Waals surface area contributed by atoms with Crippen LogP contribution in [0.3, 0.4) is 0 Å². The first-order chi connectivity index (χ1) is 19.9. The third-order valence-electron chi connectivity index (χ3n) is 9.34. The molecule has 5 aliphatic rings. The van der Waals surface area contributed by atoms with Gasteiger partial charge < -0.3 is 29.3 Å². The zero-order chi connectivity index (χ0) is 27.8. The Morgan fingerprint density at radius 2 is 2.00 bits per heavy atom. The molecule has 0 radical (unpaired) electrons. The Morgan fingerprint density at radius 3 is 2.80 bits per heavy atom. The van der Waals surface area contributed by atoms with Crippen molar-refractivity contribution in [2.75, 3.05) is 75.3 Å². The number of likely N-dealkylation sites (tertiary alicyclic amines) is 1. The summed E-state index contributed by atoms with van der Waals surface area (Å²) in [6.07, 6.45) is 1.13. The predicted molar refractivity (Wildman–Crippen MR) is 150 cm³/mol. The number of nitrogens with zero attached hydrogens (tertiary/aromatic N) is 6. The summed E-state index contributed by atoms with van der Waals surface area (Å²) in [7, 11) is 0. The summed E-state index contributed by atoms with van der Waals surface area (Å²) in [6.45, 7) is 10.9. The molecule has 41 heavy (non-hydrogen) atoms. The number of benzene rings is 1. The maximum Gasteiger partial charge on any atom is 0.171 e. The lowest BCUT2D eigenvalue weighted by molar-refractivity contribution is -0.155. The van der Waals surface area contributed by atoms with Crippen LogP contribution in [-0.4, -0.2) is 97.8 Å². The Hall–Kier alpha value is -3.27. The van der Waals surface area contributed by atoms with E-state index in [1.807, 2.05) is 6.07 Å². The minimum absolute atomic E-state index is 0.0111. The molecule has 2 aromatic heterocycles. The van der Waals surface area contributed by atoms with E-state index in [4.69, 9.17) is 14.2 Å². The standard InChI is InChI=1S/C30H34FN7O3/c1-20-11-36(27-5-3-23(9-32)38-28(27)26(31)10-34-38)13-24(41-20)12-35-18-30(19-35)25-4-2-22(8-21(25)14-40-30)37-16-29(17-37)15-33-6-7-39-29/h2-5,8,10,20,24,33H,6-7,11-19H2,1H3. The molecular formula is C30H34FN7O3. The number of hydrogen-bond donors (Lipinski definition) is 1. The predicted octanol–water partition coefficient (Wildman–Crippen LogP) is 1.86. The van der Waals surface area contributed by atoms with Gasteiger partial charge in [0.25, 0.3) is 0 Å². The Morgan fingerprint density at radius 1 is 1.12 bits per heavy atom. The van der Waals surface area contributed by atoms with Crippen molar-refractivity contribution in [2.45, 2.75) is 36.9 Å². The van der Waals surface area contributed by atoms with E-state index in [2.05, 4.69) is 56.3 Å². The van der Waals surface area contributed by atoms with Crippen molar-refractivity contribution in [1.82, 2.24) is 19.8 Å². The summed E-state index contributed by atoms with van der Waals surface area (Å²) >= 11 is 0. The normalized spacial score (nSPS) is 26.7. The number of anilines is 2. The zero-order valence-electron chi connectivity index (χ0n) is 23.2. The second-order valence-corrected chi connectivity index (χ2v) is 12.3. The molecule has 1 aromatic carbocycles. The molecule has 2 atom stereocenters. The van der Waals surface area contributed by atoms with Crippen LogP contribution in [-0.2, 0) is 26.4 Å². The molecule has 0 aliphatic carbocycles. The minimum Gasteiger partial charge on any atom is -0.370 e. The van der Waals surface area contributed by atoms with Gasteiger partial charge in [0.05, 0.1) is 50.4 Å². The van der Waals surface area contributed by atoms with Crippen LogP contribution in [0.2, 0.25) is 0 Å². The highest BCUT2D eigenvalue weighted by molar-refractivity contribution is 5.74. The third kappa shape index (κ3) is 4.12. The number of hydrogen-bond acceptors (Lipinski definition) is 9. The number of nitrogens with one attached hydrogen (secondary N) is 1. The number of pyridine rings is 1. The average molecular weight is 560 g/mol. The topological polar surface area (TPSA) is 90.5 Å². The van der Waals surface area contributed by atoms with Gasteiger partial charge in [-0.1, -0.05) is 6.07 Å². The Balaban J connectivity index is 0.926. The molecule has 0 saturated carbocycles. The van der Waals surface area contributed by atoms with Crippen LogP contribution in [0.4, 0.5) is 15.8 Å². The maximum absolute atomic E-state index is 14.7. The fourth-order valence-corrected chi connectivity index (χ4v) is 7.46. The molecule has 2 unspecified atom stereocenters. The van der Waals surface area contributed by atoms with Crippen LogP contribution >= 0.6 is 0 Å². The fraction of sp³-hybridized carbons (Fsp3) is 0.533. The second-order valence-electron chi connectivity index (χ2n) is 12.3. The van der Waals surface area contributed by atoms with E-state index in [1.54, 1.807) is 6.07 Å². The monoisotopic (exact) mass is 559 g/mol. The molecule has 0 bridgehead atoms. The molecule has 11 heteroatoms. The highest BCUT2D eigenvalue weighted by Crippen LogP contribution is 2.45.